The van der Waals surface area contributed by atoms with E-state index in [2.05, 4.69) is 39.8 Å². The minimum Gasteiger partial charge on any atom is -0.369 e. The first-order valence-corrected chi connectivity index (χ1v) is 7.67. The normalized spacial score (nSPS) is 16.3. The summed E-state index contributed by atoms with van der Waals surface area (Å²) >= 11 is 0. The van der Waals surface area contributed by atoms with Crippen molar-refractivity contribution >= 4 is 16.8 Å². The van der Waals surface area contributed by atoms with Crippen molar-refractivity contribution in [1.29, 1.82) is 0 Å². The van der Waals surface area contributed by atoms with Crippen LogP contribution in [0.3, 0.4) is 0 Å². The molecule has 1 atom stereocenters. The van der Waals surface area contributed by atoms with Crippen molar-refractivity contribution in [3.63, 3.8) is 0 Å². The molecule has 2 aromatic carbocycles. The van der Waals surface area contributed by atoms with Crippen molar-refractivity contribution in [1.82, 2.24) is 15.5 Å². The molecule has 2 heterocycles. The number of H-pyrrole nitrogens is 1. The minimum atomic E-state index is -0.705. The van der Waals surface area contributed by atoms with E-state index in [1.165, 1.54) is 5.56 Å². The van der Waals surface area contributed by atoms with Crippen LogP contribution >= 0.6 is 0 Å². The van der Waals surface area contributed by atoms with E-state index in [9.17, 15) is 5.11 Å². The van der Waals surface area contributed by atoms with Crippen LogP contribution in [0.1, 0.15) is 22.9 Å². The first-order valence-electron chi connectivity index (χ1n) is 7.67. The summed E-state index contributed by atoms with van der Waals surface area (Å²) in [7, 11) is 0. The molecule has 0 radical (unpaired) electrons. The molecule has 1 aromatic heterocycles. The van der Waals surface area contributed by atoms with Gasteiger partial charge in [-0.25, -0.2) is 0 Å². The van der Waals surface area contributed by atoms with Crippen LogP contribution in [0, 0.1) is 0 Å². The zero-order valence-corrected chi connectivity index (χ0v) is 12.6. The van der Waals surface area contributed by atoms with Crippen LogP contribution in [-0.4, -0.2) is 21.8 Å². The SMILES string of the molecule is NCCc1cc2c(c3cc(-c4cn[nH]c4)ccc13)C(O)NC=C2. The van der Waals surface area contributed by atoms with Gasteiger partial charge in [-0.3, -0.25) is 5.10 Å². The largest absolute Gasteiger partial charge is 0.369 e. The molecule has 1 aliphatic heterocycles. The van der Waals surface area contributed by atoms with Crippen molar-refractivity contribution < 1.29 is 5.11 Å². The lowest BCUT2D eigenvalue weighted by molar-refractivity contribution is 0.156. The highest BCUT2D eigenvalue weighted by Crippen LogP contribution is 2.35. The van der Waals surface area contributed by atoms with E-state index in [1.807, 2.05) is 12.3 Å². The number of aromatic nitrogens is 2. The summed E-state index contributed by atoms with van der Waals surface area (Å²) in [6, 6.07) is 8.43. The number of aromatic amines is 1. The smallest absolute Gasteiger partial charge is 0.151 e. The maximum atomic E-state index is 10.4. The molecule has 0 saturated carbocycles. The van der Waals surface area contributed by atoms with E-state index in [1.54, 1.807) is 12.4 Å². The van der Waals surface area contributed by atoms with E-state index in [0.29, 0.717) is 6.54 Å². The number of aliphatic hydroxyl groups is 1. The molecule has 5 N–H and O–H groups in total. The van der Waals surface area contributed by atoms with Gasteiger partial charge in [0.15, 0.2) is 6.23 Å². The summed E-state index contributed by atoms with van der Waals surface area (Å²) in [5, 5.41) is 22.4. The Morgan fingerprint density at radius 1 is 1.17 bits per heavy atom. The summed E-state index contributed by atoms with van der Waals surface area (Å²) in [5.41, 5.74) is 11.0. The molecule has 1 aliphatic rings. The maximum absolute atomic E-state index is 10.4. The summed E-state index contributed by atoms with van der Waals surface area (Å²) in [4.78, 5) is 0. The predicted octanol–water partition coefficient (Wildman–Crippen LogP) is 2.30. The molecule has 0 spiro atoms. The van der Waals surface area contributed by atoms with E-state index in [-0.39, 0.29) is 0 Å². The van der Waals surface area contributed by atoms with Gasteiger partial charge in [0.25, 0.3) is 0 Å². The van der Waals surface area contributed by atoms with E-state index in [0.717, 1.165) is 39.4 Å². The zero-order valence-electron chi connectivity index (χ0n) is 12.6. The molecule has 3 aromatic rings. The van der Waals surface area contributed by atoms with Crippen molar-refractivity contribution in [3.05, 3.63) is 59.5 Å². The first-order chi connectivity index (χ1) is 11.3. The Hall–Kier alpha value is -2.63. The Bertz CT molecular complexity index is 884. The molecule has 0 fully saturated rings. The second-order valence-corrected chi connectivity index (χ2v) is 5.73. The van der Waals surface area contributed by atoms with Gasteiger partial charge in [-0.15, -0.1) is 0 Å². The van der Waals surface area contributed by atoms with Gasteiger partial charge in [0.1, 0.15) is 0 Å². The molecule has 0 aliphatic carbocycles. The van der Waals surface area contributed by atoms with Gasteiger partial charge in [0, 0.05) is 17.3 Å². The second-order valence-electron chi connectivity index (χ2n) is 5.73. The van der Waals surface area contributed by atoms with E-state index < -0.39 is 6.23 Å². The third-order valence-electron chi connectivity index (χ3n) is 4.33. The van der Waals surface area contributed by atoms with Crippen LogP contribution in [0.25, 0.3) is 28.0 Å². The van der Waals surface area contributed by atoms with Crippen LogP contribution < -0.4 is 11.1 Å². The van der Waals surface area contributed by atoms with Gasteiger partial charge in [0.05, 0.1) is 6.20 Å². The molecule has 0 amide bonds. The number of benzene rings is 2. The van der Waals surface area contributed by atoms with Crippen molar-refractivity contribution in [2.24, 2.45) is 5.73 Å². The molecular formula is C18H18N4O. The third kappa shape index (κ3) is 2.30. The predicted molar refractivity (Wildman–Crippen MR) is 91.4 cm³/mol. The summed E-state index contributed by atoms with van der Waals surface area (Å²) in [6.45, 7) is 0.599. The molecule has 23 heavy (non-hydrogen) atoms. The van der Waals surface area contributed by atoms with Gasteiger partial charge < -0.3 is 16.2 Å². The number of fused-ring (bicyclic) bond motifs is 3. The molecule has 116 valence electrons. The van der Waals surface area contributed by atoms with E-state index in [4.69, 9.17) is 5.73 Å². The second kappa shape index (κ2) is 5.53. The fraction of sp³-hybridized carbons (Fsp3) is 0.167. The Kier molecular flexibility index (Phi) is 3.37. The van der Waals surface area contributed by atoms with E-state index >= 15 is 0 Å². The lowest BCUT2D eigenvalue weighted by Gasteiger charge is -2.23. The molecule has 5 heteroatoms. The van der Waals surface area contributed by atoms with Gasteiger partial charge in [-0.05, 0) is 58.8 Å². The number of rotatable bonds is 3. The number of nitrogens with one attached hydrogen (secondary N) is 2. The van der Waals surface area contributed by atoms with Gasteiger partial charge >= 0.3 is 0 Å². The van der Waals surface area contributed by atoms with Gasteiger partial charge in [0.2, 0.25) is 0 Å². The van der Waals surface area contributed by atoms with Gasteiger partial charge in [-0.1, -0.05) is 18.2 Å². The monoisotopic (exact) mass is 306 g/mol. The first kappa shape index (κ1) is 14.0. The quantitative estimate of drug-likeness (QED) is 0.598. The fourth-order valence-corrected chi connectivity index (χ4v) is 3.25. The summed E-state index contributed by atoms with van der Waals surface area (Å²) < 4.78 is 0. The van der Waals surface area contributed by atoms with Crippen LogP contribution in [0.4, 0.5) is 0 Å². The average Bonchev–Trinajstić information content (AvgIpc) is 3.09. The highest BCUT2D eigenvalue weighted by atomic mass is 16.3. The zero-order chi connectivity index (χ0) is 15.8. The number of aliphatic hydroxyl groups excluding tert-OH is 1. The number of nitrogens with zero attached hydrogens (tertiary/aromatic N) is 1. The molecule has 5 nitrogen and oxygen atoms in total. The number of nitrogens with two attached hydrogens (primary N) is 1. The lowest BCUT2D eigenvalue weighted by Crippen LogP contribution is -2.19. The van der Waals surface area contributed by atoms with Crippen LogP contribution in [0.15, 0.2) is 42.9 Å². The summed E-state index contributed by atoms with van der Waals surface area (Å²) in [5.74, 6) is 0. The Balaban J connectivity index is 2.02. The Labute approximate surface area is 133 Å². The highest BCUT2D eigenvalue weighted by molar-refractivity contribution is 5.95. The lowest BCUT2D eigenvalue weighted by atomic mass is 9.89. The fourth-order valence-electron chi connectivity index (χ4n) is 3.25. The third-order valence-corrected chi connectivity index (χ3v) is 4.33. The standard InChI is InChI=1S/C18H18N4O/c19-5-3-12-7-13-4-6-20-18(23)17(13)16-8-11(1-2-15(12)16)14-9-21-22-10-14/h1-2,4,6-10,18,20,23H,3,5,19H2,(H,21,22). The minimum absolute atomic E-state index is 0.599. The van der Waals surface area contributed by atoms with Crippen LogP contribution in [0.2, 0.25) is 0 Å². The molecular weight excluding hydrogens is 288 g/mol. The van der Waals surface area contributed by atoms with Crippen LogP contribution in [0.5, 0.6) is 0 Å². The van der Waals surface area contributed by atoms with Crippen molar-refractivity contribution in [2.75, 3.05) is 6.54 Å². The van der Waals surface area contributed by atoms with Crippen molar-refractivity contribution in [2.45, 2.75) is 12.6 Å². The highest BCUT2D eigenvalue weighted by Gasteiger charge is 2.19. The topological polar surface area (TPSA) is 87.0 Å². The molecule has 0 saturated heterocycles. The van der Waals surface area contributed by atoms with Crippen LogP contribution in [-0.2, 0) is 6.42 Å². The Morgan fingerprint density at radius 2 is 2.09 bits per heavy atom. The number of hydrogen-bond acceptors (Lipinski definition) is 4. The Morgan fingerprint density at radius 3 is 2.87 bits per heavy atom. The molecule has 4 rings (SSSR count). The maximum Gasteiger partial charge on any atom is 0.151 e. The average molecular weight is 306 g/mol. The summed E-state index contributed by atoms with van der Waals surface area (Å²) in [6.07, 6.45) is 7.55. The van der Waals surface area contributed by atoms with Gasteiger partial charge in [-0.2, -0.15) is 5.10 Å². The molecule has 0 bridgehead atoms. The number of hydrogen-bond donors (Lipinski definition) is 4. The van der Waals surface area contributed by atoms with Crippen molar-refractivity contribution in [3.8, 4) is 11.1 Å². The molecule has 1 unspecified atom stereocenters.